The Morgan fingerprint density at radius 3 is 2.28 bits per heavy atom. The van der Waals surface area contributed by atoms with Crippen molar-refractivity contribution >= 4 is 11.9 Å². The lowest BCUT2D eigenvalue weighted by Gasteiger charge is -2.31. The van der Waals surface area contributed by atoms with Crippen LogP contribution in [0.4, 0.5) is 0 Å². The largest absolute Gasteiger partial charge is 0.454 e. The highest BCUT2D eigenvalue weighted by atomic mass is 16.7. The van der Waals surface area contributed by atoms with E-state index in [1.807, 2.05) is 48.5 Å². The maximum absolute atomic E-state index is 12.5. The lowest BCUT2D eigenvalue weighted by molar-refractivity contribution is -0.222. The molecule has 0 aromatic heterocycles. The first-order valence-corrected chi connectivity index (χ1v) is 9.45. The monoisotopic (exact) mass is 394 g/mol. The molecule has 4 rings (SSSR count). The fourth-order valence-corrected chi connectivity index (χ4v) is 3.65. The molecule has 1 saturated heterocycles. The number of carbonyl (C=O) groups excluding carboxylic acids is 2. The summed E-state index contributed by atoms with van der Waals surface area (Å²) in [6, 6.07) is 15.7. The summed E-state index contributed by atoms with van der Waals surface area (Å²) in [7, 11) is 0. The van der Waals surface area contributed by atoms with E-state index in [2.05, 4.69) is 0 Å². The van der Waals surface area contributed by atoms with Crippen LogP contribution in [-0.4, -0.2) is 24.5 Å². The fraction of sp³-hybridized carbons (Fsp3) is 0.304. The van der Waals surface area contributed by atoms with E-state index >= 15 is 0 Å². The van der Waals surface area contributed by atoms with Crippen LogP contribution in [0.3, 0.4) is 0 Å². The molecule has 6 nitrogen and oxygen atoms in total. The lowest BCUT2D eigenvalue weighted by atomic mass is 9.84. The minimum atomic E-state index is -1.26. The summed E-state index contributed by atoms with van der Waals surface area (Å²) in [5, 5.41) is 0. The zero-order valence-electron chi connectivity index (χ0n) is 16.6. The SMILES string of the molecule is CC(C[C@H](c1ccccc1)c1ccc2c(c1)OCO2)=C1C(=O)OC(C)(C)OC1=O. The Labute approximate surface area is 169 Å². The molecule has 0 spiro atoms. The Bertz CT molecular complexity index is 968. The van der Waals surface area contributed by atoms with Crippen LogP contribution in [0, 0.1) is 0 Å². The molecule has 2 aromatic carbocycles. The van der Waals surface area contributed by atoms with E-state index in [9.17, 15) is 9.59 Å². The van der Waals surface area contributed by atoms with Gasteiger partial charge in [0, 0.05) is 19.8 Å². The molecule has 0 aliphatic carbocycles. The van der Waals surface area contributed by atoms with Crippen molar-refractivity contribution in [2.45, 2.75) is 38.9 Å². The molecule has 2 aliphatic rings. The molecule has 150 valence electrons. The number of carbonyl (C=O) groups is 2. The van der Waals surface area contributed by atoms with Gasteiger partial charge in [-0.3, -0.25) is 0 Å². The van der Waals surface area contributed by atoms with Crippen molar-refractivity contribution in [3.05, 3.63) is 70.8 Å². The molecule has 0 saturated carbocycles. The summed E-state index contributed by atoms with van der Waals surface area (Å²) in [5.41, 5.74) is 2.63. The number of hydrogen-bond acceptors (Lipinski definition) is 6. The van der Waals surface area contributed by atoms with Crippen molar-refractivity contribution in [1.82, 2.24) is 0 Å². The molecule has 6 heteroatoms. The van der Waals surface area contributed by atoms with Crippen LogP contribution in [0.5, 0.6) is 11.5 Å². The Hall–Kier alpha value is -3.28. The van der Waals surface area contributed by atoms with Crippen molar-refractivity contribution < 1.29 is 28.5 Å². The molecule has 0 bridgehead atoms. The van der Waals surface area contributed by atoms with Gasteiger partial charge in [-0.1, -0.05) is 42.0 Å². The molecule has 2 aliphatic heterocycles. The molecule has 2 heterocycles. The normalized spacial score (nSPS) is 18.1. The van der Waals surface area contributed by atoms with Gasteiger partial charge in [0.1, 0.15) is 5.57 Å². The summed E-state index contributed by atoms with van der Waals surface area (Å²) in [4.78, 5) is 24.9. The fourth-order valence-electron chi connectivity index (χ4n) is 3.65. The van der Waals surface area contributed by atoms with E-state index in [4.69, 9.17) is 18.9 Å². The number of benzene rings is 2. The number of hydrogen-bond donors (Lipinski definition) is 0. The van der Waals surface area contributed by atoms with Crippen LogP contribution in [0.15, 0.2) is 59.7 Å². The van der Waals surface area contributed by atoms with Gasteiger partial charge in [0.25, 0.3) is 5.79 Å². The standard InChI is InChI=1S/C23H22O6/c1-14(20-21(24)28-23(2,3)29-22(20)25)11-17(15-7-5-4-6-8-15)16-9-10-18-19(12-16)27-13-26-18/h4-10,12,17H,11,13H2,1-3H3/t17-/m1/s1. The van der Waals surface area contributed by atoms with Gasteiger partial charge in [-0.2, -0.15) is 0 Å². The van der Waals surface area contributed by atoms with Crippen LogP contribution < -0.4 is 9.47 Å². The van der Waals surface area contributed by atoms with Gasteiger partial charge in [0.15, 0.2) is 11.5 Å². The maximum atomic E-state index is 12.5. The number of esters is 2. The minimum absolute atomic E-state index is 0.0361. The van der Waals surface area contributed by atoms with E-state index in [1.165, 1.54) is 13.8 Å². The van der Waals surface area contributed by atoms with Crippen LogP contribution in [0.1, 0.15) is 44.2 Å². The van der Waals surface area contributed by atoms with Gasteiger partial charge in [-0.05, 0) is 36.6 Å². The molecule has 0 N–H and O–H groups in total. The second-order valence-corrected chi connectivity index (χ2v) is 7.61. The first-order valence-electron chi connectivity index (χ1n) is 9.45. The summed E-state index contributed by atoms with van der Waals surface area (Å²) in [6.07, 6.45) is 0.448. The quantitative estimate of drug-likeness (QED) is 0.442. The van der Waals surface area contributed by atoms with Crippen LogP contribution in [0.2, 0.25) is 0 Å². The summed E-state index contributed by atoms with van der Waals surface area (Å²) in [5.74, 6) is -1.26. The third-order valence-electron chi connectivity index (χ3n) is 5.02. The van der Waals surface area contributed by atoms with Crippen molar-refractivity contribution in [2.24, 2.45) is 0 Å². The Morgan fingerprint density at radius 2 is 1.59 bits per heavy atom. The Morgan fingerprint density at radius 1 is 0.931 bits per heavy atom. The second-order valence-electron chi connectivity index (χ2n) is 7.61. The minimum Gasteiger partial charge on any atom is -0.454 e. The summed E-state index contributed by atoms with van der Waals surface area (Å²) < 4.78 is 21.4. The smallest absolute Gasteiger partial charge is 0.348 e. The van der Waals surface area contributed by atoms with Crippen molar-refractivity contribution in [2.75, 3.05) is 6.79 Å². The summed E-state index contributed by atoms with van der Waals surface area (Å²) >= 11 is 0. The third-order valence-corrected chi connectivity index (χ3v) is 5.02. The van der Waals surface area contributed by atoms with E-state index in [0.29, 0.717) is 23.5 Å². The van der Waals surface area contributed by atoms with Gasteiger partial charge in [0.05, 0.1) is 0 Å². The predicted molar refractivity (Wildman–Crippen MR) is 104 cm³/mol. The molecule has 2 aromatic rings. The molecule has 0 radical (unpaired) electrons. The highest BCUT2D eigenvalue weighted by Crippen LogP contribution is 2.39. The molecule has 0 unspecified atom stereocenters. The molecule has 1 atom stereocenters. The topological polar surface area (TPSA) is 71.1 Å². The number of rotatable bonds is 4. The third kappa shape index (κ3) is 3.83. The molecule has 0 amide bonds. The average molecular weight is 394 g/mol. The first kappa shape index (κ1) is 19.1. The zero-order valence-corrected chi connectivity index (χ0v) is 16.6. The predicted octanol–water partition coefficient (Wildman–Crippen LogP) is 4.09. The summed E-state index contributed by atoms with van der Waals surface area (Å²) in [6.45, 7) is 5.03. The van der Waals surface area contributed by atoms with Gasteiger partial charge >= 0.3 is 11.9 Å². The van der Waals surface area contributed by atoms with Gasteiger partial charge < -0.3 is 18.9 Å². The van der Waals surface area contributed by atoms with Gasteiger partial charge in [0.2, 0.25) is 6.79 Å². The highest BCUT2D eigenvalue weighted by Gasteiger charge is 2.40. The number of cyclic esters (lactones) is 2. The zero-order chi connectivity index (χ0) is 20.6. The lowest BCUT2D eigenvalue weighted by Crippen LogP contribution is -2.42. The van der Waals surface area contributed by atoms with Crippen LogP contribution in [-0.2, 0) is 19.1 Å². The van der Waals surface area contributed by atoms with E-state index in [0.717, 1.165) is 11.1 Å². The van der Waals surface area contributed by atoms with E-state index in [-0.39, 0.29) is 18.3 Å². The van der Waals surface area contributed by atoms with Crippen molar-refractivity contribution in [1.29, 1.82) is 0 Å². The van der Waals surface area contributed by atoms with Crippen LogP contribution >= 0.6 is 0 Å². The Kier molecular flexibility index (Phi) is 4.78. The first-order chi connectivity index (χ1) is 13.8. The molecule has 1 fully saturated rings. The van der Waals surface area contributed by atoms with Crippen molar-refractivity contribution in [3.63, 3.8) is 0 Å². The maximum Gasteiger partial charge on any atom is 0.348 e. The van der Waals surface area contributed by atoms with Gasteiger partial charge in [-0.25, -0.2) is 9.59 Å². The highest BCUT2D eigenvalue weighted by molar-refractivity contribution is 6.16. The molecular formula is C23H22O6. The number of allylic oxidation sites excluding steroid dienone is 1. The van der Waals surface area contributed by atoms with Gasteiger partial charge in [-0.15, -0.1) is 0 Å². The van der Waals surface area contributed by atoms with E-state index in [1.54, 1.807) is 6.92 Å². The number of fused-ring (bicyclic) bond motifs is 1. The molecule has 29 heavy (non-hydrogen) atoms. The average Bonchev–Trinajstić information content (AvgIpc) is 3.13. The van der Waals surface area contributed by atoms with E-state index < -0.39 is 17.7 Å². The number of ether oxygens (including phenoxy) is 4. The Balaban J connectivity index is 1.71. The molecular weight excluding hydrogens is 372 g/mol. The van der Waals surface area contributed by atoms with Crippen LogP contribution in [0.25, 0.3) is 0 Å². The second kappa shape index (κ2) is 7.28. The van der Waals surface area contributed by atoms with Crippen molar-refractivity contribution in [3.8, 4) is 11.5 Å².